The minimum Gasteiger partial charge on any atom is -0.464 e. The Balaban J connectivity index is 2.62. The number of aryl methyl sites for hydroxylation is 1. The monoisotopic (exact) mass is 295 g/mol. The predicted molar refractivity (Wildman–Crippen MR) is 77.8 cm³/mol. The fraction of sp³-hybridized carbons (Fsp3) is 0.0714. The third-order valence-corrected chi connectivity index (χ3v) is 3.21. The van der Waals surface area contributed by atoms with Gasteiger partial charge in [-0.25, -0.2) is 9.69 Å². The zero-order valence-corrected chi connectivity index (χ0v) is 11.6. The van der Waals surface area contributed by atoms with Gasteiger partial charge in [-0.05, 0) is 36.8 Å². The number of hydrogen-bond donors (Lipinski definition) is 1. The van der Waals surface area contributed by atoms with E-state index in [2.05, 4.69) is 0 Å². The summed E-state index contributed by atoms with van der Waals surface area (Å²) in [6.45, 7) is 1.81. The standard InChI is InChI=1S/C14H11Cl2NO2/c1-9-4-2-7-12(16)13(9)17(14(18)19)11-6-3-5-10(15)8-11/h2-8H,1H3,(H,18,19). The number of hydrogen-bond acceptors (Lipinski definition) is 1. The second kappa shape index (κ2) is 5.51. The third kappa shape index (κ3) is 2.83. The first-order valence-electron chi connectivity index (χ1n) is 5.54. The van der Waals surface area contributed by atoms with Gasteiger partial charge in [-0.15, -0.1) is 0 Å². The Bertz CT molecular complexity index is 608. The van der Waals surface area contributed by atoms with Gasteiger partial charge in [-0.1, -0.05) is 41.4 Å². The number of benzene rings is 2. The number of carbonyl (C=O) groups is 1. The molecule has 2 aromatic carbocycles. The van der Waals surface area contributed by atoms with Crippen LogP contribution in [0.2, 0.25) is 10.0 Å². The molecule has 5 heteroatoms. The van der Waals surface area contributed by atoms with Crippen LogP contribution >= 0.6 is 23.2 Å². The number of halogens is 2. The van der Waals surface area contributed by atoms with E-state index < -0.39 is 6.09 Å². The number of carboxylic acid groups (broad SMARTS) is 1. The van der Waals surface area contributed by atoms with Crippen molar-refractivity contribution in [3.63, 3.8) is 0 Å². The SMILES string of the molecule is Cc1cccc(Cl)c1N(C(=O)O)c1cccc(Cl)c1. The van der Waals surface area contributed by atoms with Crippen molar-refractivity contribution in [2.45, 2.75) is 6.92 Å². The fourth-order valence-corrected chi connectivity index (χ4v) is 2.35. The number of amides is 1. The van der Waals surface area contributed by atoms with Crippen molar-refractivity contribution in [2.75, 3.05) is 4.90 Å². The van der Waals surface area contributed by atoms with E-state index in [0.29, 0.717) is 21.4 Å². The van der Waals surface area contributed by atoms with Gasteiger partial charge < -0.3 is 5.11 Å². The summed E-state index contributed by atoms with van der Waals surface area (Å²) in [5, 5.41) is 10.3. The van der Waals surface area contributed by atoms with Crippen LogP contribution in [0.15, 0.2) is 42.5 Å². The van der Waals surface area contributed by atoms with Gasteiger partial charge >= 0.3 is 6.09 Å². The van der Waals surface area contributed by atoms with Crippen molar-refractivity contribution < 1.29 is 9.90 Å². The lowest BCUT2D eigenvalue weighted by Gasteiger charge is -2.22. The first kappa shape index (κ1) is 13.7. The molecule has 98 valence electrons. The van der Waals surface area contributed by atoms with E-state index in [0.717, 1.165) is 10.5 Å². The molecule has 0 aliphatic rings. The highest BCUT2D eigenvalue weighted by Crippen LogP contribution is 2.35. The van der Waals surface area contributed by atoms with Crippen LogP contribution in [0.1, 0.15) is 5.56 Å². The Morgan fingerprint density at radius 2 is 1.84 bits per heavy atom. The number of para-hydroxylation sites is 1. The van der Waals surface area contributed by atoms with E-state index in [-0.39, 0.29) is 0 Å². The molecule has 1 amide bonds. The summed E-state index contributed by atoms with van der Waals surface area (Å²) >= 11 is 12.0. The minimum absolute atomic E-state index is 0.377. The van der Waals surface area contributed by atoms with Crippen molar-refractivity contribution in [2.24, 2.45) is 0 Å². The van der Waals surface area contributed by atoms with E-state index in [1.807, 2.05) is 13.0 Å². The molecule has 0 bridgehead atoms. The molecule has 0 aromatic heterocycles. The molecule has 0 heterocycles. The fourth-order valence-electron chi connectivity index (χ4n) is 1.86. The summed E-state index contributed by atoms with van der Waals surface area (Å²) in [7, 11) is 0. The molecule has 0 unspecified atom stereocenters. The largest absolute Gasteiger partial charge is 0.464 e. The van der Waals surface area contributed by atoms with Crippen LogP contribution in [0.5, 0.6) is 0 Å². The lowest BCUT2D eigenvalue weighted by Crippen LogP contribution is -2.24. The Kier molecular flexibility index (Phi) is 3.98. The van der Waals surface area contributed by atoms with Gasteiger partial charge in [-0.3, -0.25) is 0 Å². The van der Waals surface area contributed by atoms with E-state index in [1.54, 1.807) is 36.4 Å². The molecule has 1 N–H and O–H groups in total. The summed E-state index contributed by atoms with van der Waals surface area (Å²) in [4.78, 5) is 12.7. The Morgan fingerprint density at radius 3 is 2.42 bits per heavy atom. The summed E-state index contributed by atoms with van der Waals surface area (Å²) in [5.41, 5.74) is 1.67. The highest BCUT2D eigenvalue weighted by molar-refractivity contribution is 6.34. The van der Waals surface area contributed by atoms with E-state index in [9.17, 15) is 9.90 Å². The minimum atomic E-state index is -1.11. The lowest BCUT2D eigenvalue weighted by molar-refractivity contribution is 0.205. The highest BCUT2D eigenvalue weighted by atomic mass is 35.5. The number of rotatable bonds is 2. The second-order valence-corrected chi connectivity index (χ2v) is 4.85. The zero-order valence-electron chi connectivity index (χ0n) is 10.1. The average Bonchev–Trinajstić information content (AvgIpc) is 2.33. The first-order chi connectivity index (χ1) is 9.00. The smallest absolute Gasteiger partial charge is 0.416 e. The van der Waals surface area contributed by atoms with Gasteiger partial charge in [0, 0.05) is 5.02 Å². The molecule has 0 atom stereocenters. The maximum absolute atomic E-state index is 11.5. The maximum Gasteiger partial charge on any atom is 0.416 e. The van der Waals surface area contributed by atoms with Crippen molar-refractivity contribution in [1.82, 2.24) is 0 Å². The normalized spacial score (nSPS) is 10.3. The van der Waals surface area contributed by atoms with Crippen LogP contribution in [0.25, 0.3) is 0 Å². The first-order valence-corrected chi connectivity index (χ1v) is 6.30. The molecular weight excluding hydrogens is 285 g/mol. The van der Waals surface area contributed by atoms with Gasteiger partial charge in [0.1, 0.15) is 0 Å². The molecule has 0 fully saturated rings. The lowest BCUT2D eigenvalue weighted by atomic mass is 10.1. The molecule has 0 spiro atoms. The molecule has 3 nitrogen and oxygen atoms in total. The van der Waals surface area contributed by atoms with Crippen molar-refractivity contribution in [1.29, 1.82) is 0 Å². The molecule has 2 aromatic rings. The van der Waals surface area contributed by atoms with E-state index in [4.69, 9.17) is 23.2 Å². The molecule has 19 heavy (non-hydrogen) atoms. The van der Waals surface area contributed by atoms with Crippen molar-refractivity contribution in [3.8, 4) is 0 Å². The third-order valence-electron chi connectivity index (χ3n) is 2.67. The Morgan fingerprint density at radius 1 is 1.16 bits per heavy atom. The van der Waals surface area contributed by atoms with Gasteiger partial charge in [0.15, 0.2) is 0 Å². The summed E-state index contributed by atoms with van der Waals surface area (Å²) < 4.78 is 0. The summed E-state index contributed by atoms with van der Waals surface area (Å²) in [6.07, 6.45) is -1.11. The van der Waals surface area contributed by atoms with E-state index in [1.165, 1.54) is 0 Å². The van der Waals surface area contributed by atoms with Crippen LogP contribution in [0.4, 0.5) is 16.2 Å². The zero-order chi connectivity index (χ0) is 14.0. The molecule has 0 saturated heterocycles. The van der Waals surface area contributed by atoms with Crippen molar-refractivity contribution in [3.05, 3.63) is 58.1 Å². The van der Waals surface area contributed by atoms with Crippen LogP contribution in [0.3, 0.4) is 0 Å². The van der Waals surface area contributed by atoms with Crippen LogP contribution < -0.4 is 4.90 Å². The molecule has 0 radical (unpaired) electrons. The Labute approximate surface area is 121 Å². The van der Waals surface area contributed by atoms with Gasteiger partial charge in [-0.2, -0.15) is 0 Å². The molecule has 0 aliphatic heterocycles. The van der Waals surface area contributed by atoms with Crippen LogP contribution in [-0.4, -0.2) is 11.2 Å². The maximum atomic E-state index is 11.5. The quantitative estimate of drug-likeness (QED) is 0.835. The van der Waals surface area contributed by atoms with Gasteiger partial charge in [0.25, 0.3) is 0 Å². The highest BCUT2D eigenvalue weighted by Gasteiger charge is 2.21. The molecular formula is C14H11Cl2NO2. The van der Waals surface area contributed by atoms with Gasteiger partial charge in [0.2, 0.25) is 0 Å². The van der Waals surface area contributed by atoms with Gasteiger partial charge in [0.05, 0.1) is 16.4 Å². The Hall–Kier alpha value is -1.71. The molecule has 0 saturated carbocycles. The summed E-state index contributed by atoms with van der Waals surface area (Å²) in [5.74, 6) is 0. The van der Waals surface area contributed by atoms with Crippen LogP contribution in [0, 0.1) is 6.92 Å². The average molecular weight is 296 g/mol. The van der Waals surface area contributed by atoms with Crippen molar-refractivity contribution >= 4 is 40.7 Å². The topological polar surface area (TPSA) is 40.5 Å². The van der Waals surface area contributed by atoms with Crippen LogP contribution in [-0.2, 0) is 0 Å². The number of anilines is 2. The molecule has 2 rings (SSSR count). The molecule has 0 aliphatic carbocycles. The summed E-state index contributed by atoms with van der Waals surface area (Å²) in [6, 6.07) is 11.9. The van der Waals surface area contributed by atoms with E-state index >= 15 is 0 Å². The predicted octanol–water partition coefficient (Wildman–Crippen LogP) is 5.12. The number of nitrogens with zero attached hydrogens (tertiary/aromatic N) is 1. The second-order valence-electron chi connectivity index (χ2n) is 4.00.